The number of carbonyl (C=O) groups excluding carboxylic acids is 1. The van der Waals surface area contributed by atoms with Crippen LogP contribution < -0.4 is 10.9 Å². The van der Waals surface area contributed by atoms with Crippen molar-refractivity contribution in [3.8, 4) is 11.1 Å². The number of amides is 1. The van der Waals surface area contributed by atoms with Crippen LogP contribution in [0, 0.1) is 0 Å². The molecule has 5 rings (SSSR count). The average molecular weight is 392 g/mol. The number of nitrogens with zero attached hydrogens (tertiary/aromatic N) is 1. The van der Waals surface area contributed by atoms with E-state index in [0.29, 0.717) is 28.0 Å². The van der Waals surface area contributed by atoms with Gasteiger partial charge in [0, 0.05) is 22.5 Å². The van der Waals surface area contributed by atoms with E-state index in [1.807, 2.05) is 48.5 Å². The van der Waals surface area contributed by atoms with Crippen LogP contribution in [0.5, 0.6) is 0 Å². The maximum absolute atomic E-state index is 12.7. The average Bonchev–Trinajstić information content (AvgIpc) is 2.79. The highest BCUT2D eigenvalue weighted by atomic mass is 16.4. The van der Waals surface area contributed by atoms with Crippen molar-refractivity contribution in [1.29, 1.82) is 0 Å². The van der Waals surface area contributed by atoms with Gasteiger partial charge in [0.15, 0.2) is 0 Å². The van der Waals surface area contributed by atoms with E-state index in [4.69, 9.17) is 4.42 Å². The Bertz CT molecular complexity index is 1450. The molecule has 2 aromatic heterocycles. The molecule has 0 saturated carbocycles. The van der Waals surface area contributed by atoms with Crippen LogP contribution in [0.4, 0.5) is 5.69 Å². The van der Waals surface area contributed by atoms with Crippen molar-refractivity contribution in [3.05, 3.63) is 107 Å². The summed E-state index contributed by atoms with van der Waals surface area (Å²) in [6, 6.07) is 25.5. The van der Waals surface area contributed by atoms with Crippen LogP contribution in [0.25, 0.3) is 33.0 Å². The van der Waals surface area contributed by atoms with Gasteiger partial charge in [-0.15, -0.1) is 0 Å². The molecule has 2 heterocycles. The number of pyridine rings is 1. The predicted octanol–water partition coefficient (Wildman–Crippen LogP) is 5.26. The van der Waals surface area contributed by atoms with E-state index in [2.05, 4.69) is 10.3 Å². The summed E-state index contributed by atoms with van der Waals surface area (Å²) < 4.78 is 5.40. The van der Waals surface area contributed by atoms with E-state index < -0.39 is 5.63 Å². The summed E-state index contributed by atoms with van der Waals surface area (Å²) in [5, 5.41) is 4.71. The first-order chi connectivity index (χ1) is 14.7. The van der Waals surface area contributed by atoms with Gasteiger partial charge in [0.2, 0.25) is 0 Å². The number of anilines is 1. The van der Waals surface area contributed by atoms with Gasteiger partial charge in [0.05, 0.1) is 16.8 Å². The van der Waals surface area contributed by atoms with Gasteiger partial charge in [-0.3, -0.25) is 9.78 Å². The third-order valence-corrected chi connectivity index (χ3v) is 4.98. The van der Waals surface area contributed by atoms with Crippen LogP contribution in [-0.4, -0.2) is 10.9 Å². The first-order valence-electron chi connectivity index (χ1n) is 9.47. The monoisotopic (exact) mass is 392 g/mol. The number of hydrogen-bond acceptors (Lipinski definition) is 4. The van der Waals surface area contributed by atoms with Crippen LogP contribution in [0.1, 0.15) is 10.4 Å². The van der Waals surface area contributed by atoms with Crippen molar-refractivity contribution >= 4 is 33.5 Å². The molecule has 0 saturated heterocycles. The second-order valence-electron chi connectivity index (χ2n) is 6.90. The molecule has 0 aliphatic carbocycles. The van der Waals surface area contributed by atoms with E-state index in [0.717, 1.165) is 16.3 Å². The van der Waals surface area contributed by atoms with Crippen LogP contribution in [0.15, 0.2) is 100 Å². The van der Waals surface area contributed by atoms with E-state index in [9.17, 15) is 9.59 Å². The number of rotatable bonds is 3. The van der Waals surface area contributed by atoms with Crippen molar-refractivity contribution in [2.75, 3.05) is 5.32 Å². The molecule has 0 radical (unpaired) electrons. The van der Waals surface area contributed by atoms with E-state index >= 15 is 0 Å². The molecule has 5 heteroatoms. The van der Waals surface area contributed by atoms with Gasteiger partial charge in [0.25, 0.3) is 5.91 Å². The molecular formula is C25H16N2O3. The molecule has 0 aliphatic rings. The fourth-order valence-electron chi connectivity index (χ4n) is 3.46. The summed E-state index contributed by atoms with van der Waals surface area (Å²) in [6.07, 6.45) is 1.70. The maximum Gasteiger partial charge on any atom is 0.344 e. The normalized spacial score (nSPS) is 10.9. The van der Waals surface area contributed by atoms with Crippen molar-refractivity contribution in [2.24, 2.45) is 0 Å². The van der Waals surface area contributed by atoms with Crippen molar-refractivity contribution in [2.45, 2.75) is 0 Å². The second kappa shape index (κ2) is 7.29. The minimum Gasteiger partial charge on any atom is -0.422 e. The lowest BCUT2D eigenvalue weighted by molar-refractivity contribution is 0.102. The van der Waals surface area contributed by atoms with Crippen LogP contribution in [0.2, 0.25) is 0 Å². The SMILES string of the molecule is O=C(Nc1cccc2cccnc12)c1ccc(-c2cc3ccccc3oc2=O)cc1. The topological polar surface area (TPSA) is 72.2 Å². The maximum atomic E-state index is 12.7. The third-order valence-electron chi connectivity index (χ3n) is 4.98. The summed E-state index contributed by atoms with van der Waals surface area (Å²) in [5.74, 6) is -0.245. The zero-order chi connectivity index (χ0) is 20.5. The van der Waals surface area contributed by atoms with E-state index in [1.54, 1.807) is 42.6 Å². The summed E-state index contributed by atoms with van der Waals surface area (Å²) in [7, 11) is 0. The number of hydrogen-bond donors (Lipinski definition) is 1. The first kappa shape index (κ1) is 17.8. The van der Waals surface area contributed by atoms with Crippen LogP contribution in [-0.2, 0) is 0 Å². The lowest BCUT2D eigenvalue weighted by atomic mass is 10.0. The largest absolute Gasteiger partial charge is 0.422 e. The minimum atomic E-state index is -0.410. The molecule has 144 valence electrons. The molecule has 0 unspecified atom stereocenters. The summed E-state index contributed by atoms with van der Waals surface area (Å²) in [5.41, 5.74) is 3.16. The Morgan fingerprint density at radius 3 is 2.47 bits per heavy atom. The van der Waals surface area contributed by atoms with Crippen LogP contribution >= 0.6 is 0 Å². The van der Waals surface area contributed by atoms with Crippen molar-refractivity contribution in [3.63, 3.8) is 0 Å². The van der Waals surface area contributed by atoms with Crippen LogP contribution in [0.3, 0.4) is 0 Å². The van der Waals surface area contributed by atoms with Gasteiger partial charge >= 0.3 is 5.63 Å². The number of nitrogens with one attached hydrogen (secondary N) is 1. The first-order valence-corrected chi connectivity index (χ1v) is 9.47. The Balaban J connectivity index is 1.44. The highest BCUT2D eigenvalue weighted by Gasteiger charge is 2.11. The zero-order valence-electron chi connectivity index (χ0n) is 15.8. The molecule has 0 bridgehead atoms. The Hall–Kier alpha value is -4.25. The molecule has 0 fully saturated rings. The van der Waals surface area contributed by atoms with E-state index in [-0.39, 0.29) is 5.91 Å². The highest BCUT2D eigenvalue weighted by molar-refractivity contribution is 6.08. The summed E-state index contributed by atoms with van der Waals surface area (Å²) in [4.78, 5) is 29.4. The fourth-order valence-corrected chi connectivity index (χ4v) is 3.46. The standard InChI is InChI=1S/C25H16N2O3/c28-24(27-21-8-3-6-17-7-4-14-26-23(17)21)18-12-10-16(11-13-18)20-15-19-5-1-2-9-22(19)30-25(20)29/h1-15H,(H,27,28). The molecule has 0 aliphatic heterocycles. The molecular weight excluding hydrogens is 376 g/mol. The molecule has 30 heavy (non-hydrogen) atoms. The number of benzene rings is 3. The minimum absolute atomic E-state index is 0.245. The lowest BCUT2D eigenvalue weighted by Crippen LogP contribution is -2.12. The molecule has 0 atom stereocenters. The quantitative estimate of drug-likeness (QED) is 0.425. The van der Waals surface area contributed by atoms with Gasteiger partial charge in [0.1, 0.15) is 5.58 Å². The molecule has 1 amide bonds. The zero-order valence-corrected chi connectivity index (χ0v) is 15.8. The smallest absolute Gasteiger partial charge is 0.344 e. The Morgan fingerprint density at radius 2 is 1.60 bits per heavy atom. The molecule has 0 spiro atoms. The second-order valence-corrected chi connectivity index (χ2v) is 6.90. The number of aromatic nitrogens is 1. The van der Waals surface area contributed by atoms with Gasteiger partial charge in [-0.1, -0.05) is 48.5 Å². The molecule has 5 aromatic rings. The van der Waals surface area contributed by atoms with Crippen molar-refractivity contribution < 1.29 is 9.21 Å². The summed E-state index contributed by atoms with van der Waals surface area (Å²) >= 11 is 0. The number of para-hydroxylation sites is 2. The molecule has 3 aromatic carbocycles. The number of carbonyl (C=O) groups is 1. The molecule has 5 nitrogen and oxygen atoms in total. The van der Waals surface area contributed by atoms with Gasteiger partial charge in [-0.2, -0.15) is 0 Å². The molecule has 1 N–H and O–H groups in total. The Labute approximate surface area is 171 Å². The lowest BCUT2D eigenvalue weighted by Gasteiger charge is -2.09. The highest BCUT2D eigenvalue weighted by Crippen LogP contribution is 2.23. The fraction of sp³-hybridized carbons (Fsp3) is 0. The Morgan fingerprint density at radius 1 is 0.833 bits per heavy atom. The van der Waals surface area contributed by atoms with Gasteiger partial charge in [-0.05, 0) is 42.0 Å². The van der Waals surface area contributed by atoms with E-state index in [1.165, 1.54) is 0 Å². The van der Waals surface area contributed by atoms with Gasteiger partial charge in [-0.25, -0.2) is 4.79 Å². The number of fused-ring (bicyclic) bond motifs is 2. The van der Waals surface area contributed by atoms with Gasteiger partial charge < -0.3 is 9.73 Å². The predicted molar refractivity (Wildman–Crippen MR) is 118 cm³/mol. The summed E-state index contributed by atoms with van der Waals surface area (Å²) in [6.45, 7) is 0. The Kier molecular flexibility index (Phi) is 4.33. The third kappa shape index (κ3) is 3.22. The van der Waals surface area contributed by atoms with Crippen molar-refractivity contribution in [1.82, 2.24) is 4.98 Å².